The summed E-state index contributed by atoms with van der Waals surface area (Å²) in [6, 6.07) is 16.3. The summed E-state index contributed by atoms with van der Waals surface area (Å²) >= 11 is 0. The van der Waals surface area contributed by atoms with Crippen LogP contribution in [0.4, 0.5) is 11.4 Å². The van der Waals surface area contributed by atoms with Gasteiger partial charge in [0, 0.05) is 28.6 Å². The average Bonchev–Trinajstić information content (AvgIpc) is 3.06. The third kappa shape index (κ3) is 2.63. The van der Waals surface area contributed by atoms with Gasteiger partial charge in [0.25, 0.3) is 6.71 Å². The third-order valence-corrected chi connectivity index (χ3v) is 10.5. The fourth-order valence-corrected chi connectivity index (χ4v) is 9.04. The van der Waals surface area contributed by atoms with E-state index < -0.39 is 0 Å². The summed E-state index contributed by atoms with van der Waals surface area (Å²) in [7, 11) is 0. The number of anilines is 2. The molecule has 0 atom stereocenters. The summed E-state index contributed by atoms with van der Waals surface area (Å²) in [5, 5.41) is 0. The molecule has 2 aromatic carbocycles. The summed E-state index contributed by atoms with van der Waals surface area (Å²) in [5.41, 5.74) is 10.2. The summed E-state index contributed by atoms with van der Waals surface area (Å²) in [4.78, 5) is 7.57. The zero-order valence-electron chi connectivity index (χ0n) is 22.0. The topological polar surface area (TPSA) is 25.4 Å². The van der Waals surface area contributed by atoms with E-state index in [0.29, 0.717) is 0 Å². The lowest BCUT2D eigenvalue weighted by Gasteiger charge is -2.56. The van der Waals surface area contributed by atoms with Crippen molar-refractivity contribution in [3.8, 4) is 11.6 Å². The molecular weight excluding hydrogens is 439 g/mol. The van der Waals surface area contributed by atoms with Crippen LogP contribution in [-0.4, -0.2) is 17.2 Å². The fraction of sp³-hybridized carbons (Fsp3) is 0.469. The maximum absolute atomic E-state index is 6.70. The highest BCUT2D eigenvalue weighted by molar-refractivity contribution is 6.99. The second-order valence-corrected chi connectivity index (χ2v) is 13.6. The predicted molar refractivity (Wildman–Crippen MR) is 149 cm³/mol. The first-order valence-corrected chi connectivity index (χ1v) is 14.0. The Hall–Kier alpha value is -2.75. The Morgan fingerprint density at radius 2 is 1.56 bits per heavy atom. The van der Waals surface area contributed by atoms with Crippen molar-refractivity contribution in [2.24, 2.45) is 5.92 Å². The molecule has 3 fully saturated rings. The largest absolute Gasteiger partial charge is 0.440 e. The zero-order chi connectivity index (χ0) is 24.4. The molecule has 3 saturated carbocycles. The van der Waals surface area contributed by atoms with E-state index in [2.05, 4.69) is 75.1 Å². The molecule has 2 aliphatic heterocycles. The van der Waals surface area contributed by atoms with E-state index in [1.165, 1.54) is 77.4 Å². The van der Waals surface area contributed by atoms with Crippen molar-refractivity contribution in [2.45, 2.75) is 89.0 Å². The number of ether oxygens (including phenoxy) is 1. The van der Waals surface area contributed by atoms with Crippen LogP contribution in [0.3, 0.4) is 0 Å². The quantitative estimate of drug-likeness (QED) is 0.324. The summed E-state index contributed by atoms with van der Waals surface area (Å²) < 4.78 is 6.70. The molecule has 6 aliphatic rings. The number of nitrogens with zero attached hydrogens (tertiary/aromatic N) is 2. The molecule has 9 rings (SSSR count). The van der Waals surface area contributed by atoms with E-state index in [1.807, 2.05) is 6.20 Å². The smallest absolute Gasteiger partial charge is 0.258 e. The molecule has 3 aromatic rings. The molecule has 0 saturated heterocycles. The fourth-order valence-electron chi connectivity index (χ4n) is 9.04. The standard InChI is InChI=1S/C32H35BN2O/c1-30(2)19-31(3,4)22-18-27-24(17-21(22)30)33-23-7-5-6-8-25(23)35(26-12-16-34-29(36-27)28(26)33)32-13-9-20(10-14-32)11-15-32/h5-8,12,16-18,20H,9-11,13-15,19H2,1-4H3. The van der Waals surface area contributed by atoms with Gasteiger partial charge in [0.2, 0.25) is 5.88 Å². The summed E-state index contributed by atoms with van der Waals surface area (Å²) in [6.45, 7) is 9.75. The average molecular weight is 474 g/mol. The Labute approximate surface area is 215 Å². The van der Waals surface area contributed by atoms with E-state index in [9.17, 15) is 0 Å². The van der Waals surface area contributed by atoms with E-state index in [4.69, 9.17) is 9.72 Å². The van der Waals surface area contributed by atoms with Crippen LogP contribution < -0.4 is 26.0 Å². The van der Waals surface area contributed by atoms with Crippen molar-refractivity contribution in [3.63, 3.8) is 0 Å². The van der Waals surface area contributed by atoms with Gasteiger partial charge in [-0.25, -0.2) is 4.98 Å². The van der Waals surface area contributed by atoms with Gasteiger partial charge in [-0.1, -0.05) is 52.0 Å². The highest BCUT2D eigenvalue weighted by atomic mass is 16.5. The minimum atomic E-state index is 0.146. The number of para-hydroxylation sites is 1. The normalized spacial score (nSPS) is 27.6. The van der Waals surface area contributed by atoms with Crippen LogP contribution in [0, 0.1) is 5.92 Å². The van der Waals surface area contributed by atoms with E-state index >= 15 is 0 Å². The van der Waals surface area contributed by atoms with Crippen LogP contribution in [0.15, 0.2) is 48.7 Å². The van der Waals surface area contributed by atoms with Crippen molar-refractivity contribution in [2.75, 3.05) is 4.90 Å². The highest BCUT2D eigenvalue weighted by Gasteiger charge is 2.52. The van der Waals surface area contributed by atoms with Crippen LogP contribution in [0.2, 0.25) is 0 Å². The Bertz CT molecular complexity index is 1420. The number of pyridine rings is 1. The van der Waals surface area contributed by atoms with Crippen molar-refractivity contribution in [1.82, 2.24) is 4.98 Å². The second-order valence-electron chi connectivity index (χ2n) is 13.6. The first kappa shape index (κ1) is 21.4. The number of fused-ring (bicyclic) bond motifs is 8. The van der Waals surface area contributed by atoms with Crippen LogP contribution in [0.5, 0.6) is 11.6 Å². The van der Waals surface area contributed by atoms with Gasteiger partial charge in [-0.2, -0.15) is 0 Å². The van der Waals surface area contributed by atoms with Crippen molar-refractivity contribution in [3.05, 3.63) is 59.8 Å². The van der Waals surface area contributed by atoms with E-state index in [0.717, 1.165) is 24.0 Å². The Balaban J connectivity index is 1.38. The lowest BCUT2D eigenvalue weighted by Crippen LogP contribution is -2.64. The molecule has 36 heavy (non-hydrogen) atoms. The molecule has 0 amide bonds. The van der Waals surface area contributed by atoms with Gasteiger partial charge in [0.15, 0.2) is 0 Å². The molecule has 3 nitrogen and oxygen atoms in total. The molecule has 0 N–H and O–H groups in total. The van der Waals surface area contributed by atoms with Crippen molar-refractivity contribution < 1.29 is 4.74 Å². The molecule has 2 bridgehead atoms. The SMILES string of the molecule is CC1(C)CC(C)(C)c2cc3c(cc21)Oc1nccc2c1B3c1ccccc1N2C12CCC(CC1)CC2. The van der Waals surface area contributed by atoms with E-state index in [1.54, 1.807) is 0 Å². The van der Waals surface area contributed by atoms with Gasteiger partial charge in [-0.05, 0) is 102 Å². The van der Waals surface area contributed by atoms with Gasteiger partial charge < -0.3 is 9.64 Å². The minimum absolute atomic E-state index is 0.146. The van der Waals surface area contributed by atoms with Gasteiger partial charge >= 0.3 is 0 Å². The maximum Gasteiger partial charge on any atom is 0.258 e. The monoisotopic (exact) mass is 474 g/mol. The van der Waals surface area contributed by atoms with E-state index in [-0.39, 0.29) is 23.1 Å². The van der Waals surface area contributed by atoms with Gasteiger partial charge in [0.1, 0.15) is 5.75 Å². The number of aromatic nitrogens is 1. The third-order valence-electron chi connectivity index (χ3n) is 10.5. The lowest BCUT2D eigenvalue weighted by molar-refractivity contribution is 0.141. The Morgan fingerprint density at radius 3 is 2.31 bits per heavy atom. The maximum atomic E-state index is 6.70. The first-order chi connectivity index (χ1) is 17.3. The molecule has 0 radical (unpaired) electrons. The van der Waals surface area contributed by atoms with Crippen molar-refractivity contribution >= 4 is 34.5 Å². The minimum Gasteiger partial charge on any atom is -0.440 e. The molecular formula is C32H35BN2O. The second kappa shape index (κ2) is 6.76. The molecule has 1 aromatic heterocycles. The van der Waals surface area contributed by atoms with Crippen LogP contribution in [-0.2, 0) is 10.8 Å². The molecule has 0 unspecified atom stereocenters. The predicted octanol–water partition coefficient (Wildman–Crippen LogP) is 5.84. The van der Waals surface area contributed by atoms with Crippen molar-refractivity contribution in [1.29, 1.82) is 0 Å². The van der Waals surface area contributed by atoms with Crippen LogP contribution in [0.1, 0.15) is 83.8 Å². The lowest BCUT2D eigenvalue weighted by atomic mass is 9.34. The Morgan fingerprint density at radius 1 is 0.861 bits per heavy atom. The molecule has 182 valence electrons. The number of rotatable bonds is 1. The molecule has 4 heteroatoms. The van der Waals surface area contributed by atoms with Gasteiger partial charge in [-0.15, -0.1) is 0 Å². The Kier molecular flexibility index (Phi) is 4.01. The molecule has 4 aliphatic carbocycles. The summed E-state index contributed by atoms with van der Waals surface area (Å²) in [6.07, 6.45) is 11.1. The first-order valence-electron chi connectivity index (χ1n) is 14.0. The van der Waals surface area contributed by atoms with Crippen LogP contribution >= 0.6 is 0 Å². The number of hydrogen-bond acceptors (Lipinski definition) is 3. The zero-order valence-corrected chi connectivity index (χ0v) is 22.0. The van der Waals surface area contributed by atoms with Gasteiger partial charge in [-0.3, -0.25) is 0 Å². The number of benzene rings is 2. The van der Waals surface area contributed by atoms with Crippen LogP contribution in [0.25, 0.3) is 0 Å². The number of hydrogen-bond donors (Lipinski definition) is 0. The molecule has 3 heterocycles. The molecule has 0 spiro atoms. The highest BCUT2D eigenvalue weighted by Crippen LogP contribution is 2.53. The van der Waals surface area contributed by atoms with Gasteiger partial charge in [0.05, 0.1) is 0 Å². The summed E-state index contributed by atoms with van der Waals surface area (Å²) in [5.74, 6) is 2.75.